The van der Waals surface area contributed by atoms with Gasteiger partial charge in [0.25, 0.3) is 5.66 Å². The van der Waals surface area contributed by atoms with E-state index in [0.29, 0.717) is 23.7 Å². The number of rotatable bonds is 9. The second kappa shape index (κ2) is 9.39. The van der Waals surface area contributed by atoms with Gasteiger partial charge in [-0.2, -0.15) is 13.9 Å². The Morgan fingerprint density at radius 1 is 1.28 bits per heavy atom. The molecule has 0 aliphatic heterocycles. The molecule has 0 fully saturated rings. The van der Waals surface area contributed by atoms with Gasteiger partial charge in [-0.15, -0.1) is 0 Å². The minimum absolute atomic E-state index is 0.177. The summed E-state index contributed by atoms with van der Waals surface area (Å²) in [5.74, 6) is 0.604. The van der Waals surface area contributed by atoms with E-state index in [2.05, 4.69) is 25.4 Å². The first-order valence-electron chi connectivity index (χ1n) is 9.14. The molecule has 2 aromatic heterocycles. The van der Waals surface area contributed by atoms with Gasteiger partial charge in [-0.05, 0) is 38.4 Å². The second-order valence-electron chi connectivity index (χ2n) is 6.74. The highest BCUT2D eigenvalue weighted by Crippen LogP contribution is 2.40. The summed E-state index contributed by atoms with van der Waals surface area (Å²) in [5, 5.41) is 10.3. The van der Waals surface area contributed by atoms with Crippen LogP contribution in [0.1, 0.15) is 11.1 Å². The number of hydrogen-bond acceptors (Lipinski definition) is 5. The van der Waals surface area contributed by atoms with Crippen LogP contribution in [0.25, 0.3) is 11.3 Å². The Hall–Kier alpha value is -2.41. The lowest BCUT2D eigenvalue weighted by molar-refractivity contribution is 0.104. The molecule has 0 aliphatic carbocycles. The van der Waals surface area contributed by atoms with E-state index in [9.17, 15) is 8.78 Å². The van der Waals surface area contributed by atoms with Gasteiger partial charge in [0, 0.05) is 54.8 Å². The molecule has 154 valence electrons. The Balaban J connectivity index is 1.95. The molecule has 3 rings (SSSR count). The first-order valence-corrected chi connectivity index (χ1v) is 9.72. The van der Waals surface area contributed by atoms with E-state index >= 15 is 0 Å². The van der Waals surface area contributed by atoms with Crippen molar-refractivity contribution in [3.8, 4) is 22.9 Å². The molecular weight excluding hydrogens is 395 g/mol. The van der Waals surface area contributed by atoms with Gasteiger partial charge in [0.05, 0.1) is 5.69 Å². The smallest absolute Gasteiger partial charge is 0.284 e. The van der Waals surface area contributed by atoms with Gasteiger partial charge in [0.2, 0.25) is 5.88 Å². The Morgan fingerprint density at radius 3 is 2.79 bits per heavy atom. The zero-order valence-electron chi connectivity index (χ0n) is 16.3. The van der Waals surface area contributed by atoms with Crippen molar-refractivity contribution in [3.05, 3.63) is 59.9 Å². The number of halogens is 2. The first kappa shape index (κ1) is 21.3. The number of alkyl halides is 2. The Labute approximate surface area is 170 Å². The van der Waals surface area contributed by atoms with Gasteiger partial charge >= 0.3 is 0 Å². The molecule has 0 spiro atoms. The number of nitrogens with one attached hydrogen (secondary N) is 2. The number of ether oxygens (including phenoxy) is 1. The van der Waals surface area contributed by atoms with Crippen LogP contribution >= 0.6 is 9.24 Å². The number of benzene rings is 1. The highest BCUT2D eigenvalue weighted by molar-refractivity contribution is 7.17. The Kier molecular flexibility index (Phi) is 6.90. The topological polar surface area (TPSA) is 66.1 Å². The molecule has 0 saturated heterocycles. The molecule has 1 unspecified atom stereocenters. The number of aromatic nitrogens is 3. The van der Waals surface area contributed by atoms with Gasteiger partial charge in [-0.1, -0.05) is 15.3 Å². The van der Waals surface area contributed by atoms with Crippen LogP contribution in [0.2, 0.25) is 0 Å². The summed E-state index contributed by atoms with van der Waals surface area (Å²) in [6.45, 7) is 2.32. The van der Waals surface area contributed by atoms with Crippen LogP contribution in [0.5, 0.6) is 11.6 Å². The van der Waals surface area contributed by atoms with Gasteiger partial charge in [-0.3, -0.25) is 5.10 Å². The van der Waals surface area contributed by atoms with Gasteiger partial charge in [0.15, 0.2) is 0 Å². The molecule has 9 heteroatoms. The fourth-order valence-electron chi connectivity index (χ4n) is 2.87. The minimum Gasteiger partial charge on any atom is -0.439 e. The van der Waals surface area contributed by atoms with Crippen molar-refractivity contribution in [2.45, 2.75) is 12.2 Å². The van der Waals surface area contributed by atoms with E-state index in [4.69, 9.17) is 4.74 Å². The van der Waals surface area contributed by atoms with E-state index in [0.717, 1.165) is 18.7 Å². The van der Waals surface area contributed by atoms with Crippen LogP contribution in [0, 0.1) is 0 Å². The number of H-pyrrole nitrogens is 1. The van der Waals surface area contributed by atoms with Gasteiger partial charge in [-0.25, -0.2) is 4.98 Å². The van der Waals surface area contributed by atoms with Crippen molar-refractivity contribution >= 4 is 9.24 Å². The van der Waals surface area contributed by atoms with Crippen molar-refractivity contribution < 1.29 is 13.5 Å². The highest BCUT2D eigenvalue weighted by Gasteiger charge is 2.27. The van der Waals surface area contributed by atoms with E-state index < -0.39 is 5.66 Å². The molecule has 3 aromatic rings. The number of pyridine rings is 1. The molecule has 1 atom stereocenters. The summed E-state index contributed by atoms with van der Waals surface area (Å²) in [4.78, 5) is 6.22. The van der Waals surface area contributed by atoms with Crippen molar-refractivity contribution in [2.75, 3.05) is 27.2 Å². The lowest BCUT2D eigenvalue weighted by atomic mass is 10.0. The third-order valence-electron chi connectivity index (χ3n) is 4.33. The highest BCUT2D eigenvalue weighted by atomic mass is 31.0. The molecule has 0 saturated carbocycles. The molecule has 2 N–H and O–H groups in total. The zero-order chi connectivity index (χ0) is 20.9. The summed E-state index contributed by atoms with van der Waals surface area (Å²) >= 11 is 0. The van der Waals surface area contributed by atoms with Crippen molar-refractivity contribution in [3.63, 3.8) is 0 Å². The van der Waals surface area contributed by atoms with Crippen LogP contribution in [0.4, 0.5) is 8.78 Å². The van der Waals surface area contributed by atoms with Crippen LogP contribution < -0.4 is 10.1 Å². The fraction of sp³-hybridized carbons (Fsp3) is 0.300. The maximum Gasteiger partial charge on any atom is 0.284 e. The maximum atomic E-state index is 14.1. The van der Waals surface area contributed by atoms with Crippen molar-refractivity contribution in [1.82, 2.24) is 25.4 Å². The van der Waals surface area contributed by atoms with E-state index in [1.807, 2.05) is 14.1 Å². The summed E-state index contributed by atoms with van der Waals surface area (Å²) in [5.41, 5.74) is -1.20. The third kappa shape index (κ3) is 5.79. The van der Waals surface area contributed by atoms with Crippen LogP contribution in [0.15, 0.2) is 48.8 Å². The standard InChI is InChI=1S/C20H24F2N5OP/c1-23-7-8-27(2)13-15-12-25-26-19(15)14-9-16(20(21,22)29)11-17(10-14)28-18-5-3-4-6-24-18/h3-6,9-12,23H,7-8,13,29H2,1-2H3,(H,25,26). The number of likely N-dealkylation sites (N-methyl/N-ethyl adjacent to an activating group) is 2. The quantitative estimate of drug-likeness (QED) is 0.516. The predicted molar refractivity (Wildman–Crippen MR) is 112 cm³/mol. The molecular formula is C20H24F2N5OP. The number of hydrogen-bond donors (Lipinski definition) is 2. The summed E-state index contributed by atoms with van der Waals surface area (Å²) in [6.07, 6.45) is 3.37. The Bertz CT molecular complexity index is 930. The maximum absolute atomic E-state index is 14.1. The van der Waals surface area contributed by atoms with Crippen LogP contribution in [-0.2, 0) is 12.2 Å². The average Bonchev–Trinajstić information content (AvgIpc) is 3.14. The summed E-state index contributed by atoms with van der Waals surface area (Å²) in [7, 11) is 5.46. The third-order valence-corrected chi connectivity index (χ3v) is 4.66. The molecule has 2 heterocycles. The molecule has 0 amide bonds. The molecule has 0 bridgehead atoms. The van der Waals surface area contributed by atoms with Gasteiger partial charge in [0.1, 0.15) is 5.75 Å². The van der Waals surface area contributed by atoms with E-state index in [-0.39, 0.29) is 11.3 Å². The average molecular weight is 419 g/mol. The Morgan fingerprint density at radius 2 is 2.10 bits per heavy atom. The molecule has 29 heavy (non-hydrogen) atoms. The van der Waals surface area contributed by atoms with E-state index in [1.54, 1.807) is 45.9 Å². The molecule has 0 radical (unpaired) electrons. The second-order valence-corrected chi connectivity index (χ2v) is 7.46. The summed E-state index contributed by atoms with van der Waals surface area (Å²) in [6, 6.07) is 9.64. The van der Waals surface area contributed by atoms with E-state index in [1.165, 1.54) is 12.1 Å². The summed E-state index contributed by atoms with van der Waals surface area (Å²) < 4.78 is 33.9. The molecule has 6 nitrogen and oxygen atoms in total. The predicted octanol–water partition coefficient (Wildman–Crippen LogP) is 3.84. The SMILES string of the molecule is CNCCN(C)Cc1c[nH]nc1-c1cc(Oc2ccccn2)cc(C(F)(F)P)c1. The fourth-order valence-corrected chi connectivity index (χ4v) is 3.04. The normalized spacial score (nSPS) is 11.8. The zero-order valence-corrected chi connectivity index (χ0v) is 17.5. The van der Waals surface area contributed by atoms with Crippen molar-refractivity contribution in [2.24, 2.45) is 0 Å². The first-order chi connectivity index (χ1) is 13.9. The molecule has 1 aromatic carbocycles. The monoisotopic (exact) mass is 419 g/mol. The number of aromatic amines is 1. The van der Waals surface area contributed by atoms with Crippen LogP contribution in [0.3, 0.4) is 0 Å². The van der Waals surface area contributed by atoms with Crippen LogP contribution in [-0.4, -0.2) is 47.3 Å². The largest absolute Gasteiger partial charge is 0.439 e. The lowest BCUT2D eigenvalue weighted by Crippen LogP contribution is -2.27. The molecule has 0 aliphatic rings. The van der Waals surface area contributed by atoms with Gasteiger partial charge < -0.3 is 15.0 Å². The number of nitrogens with zero attached hydrogens (tertiary/aromatic N) is 3. The lowest BCUT2D eigenvalue weighted by Gasteiger charge is -2.17. The minimum atomic E-state index is -3.10. The van der Waals surface area contributed by atoms with Crippen molar-refractivity contribution in [1.29, 1.82) is 0 Å².